The Morgan fingerprint density at radius 1 is 1.35 bits per heavy atom. The van der Waals surface area contributed by atoms with Gasteiger partial charge in [0.1, 0.15) is 15.9 Å². The van der Waals surface area contributed by atoms with Crippen LogP contribution in [-0.4, -0.2) is 35.6 Å². The highest BCUT2D eigenvalue weighted by Crippen LogP contribution is 2.30. The molecule has 0 spiro atoms. The maximum atomic E-state index is 4.72. The van der Waals surface area contributed by atoms with Gasteiger partial charge in [-0.3, -0.25) is 0 Å². The number of halogens is 1. The summed E-state index contributed by atoms with van der Waals surface area (Å²) in [5.41, 5.74) is 2.48. The van der Waals surface area contributed by atoms with Crippen molar-refractivity contribution in [2.24, 2.45) is 5.92 Å². The molecule has 1 saturated heterocycles. The standard InChI is InChI=1S/C15H21BrN4/c1-11(2)10-13-18-15(16)14-12(4-3-7-20(13)14)19-8-5-17-6-9-19/h3-4,7,11,17H,5-6,8-10H2,1-2H3. The number of nitrogens with zero attached hydrogens (tertiary/aromatic N) is 3. The highest BCUT2D eigenvalue weighted by Gasteiger charge is 2.18. The summed E-state index contributed by atoms with van der Waals surface area (Å²) in [4.78, 5) is 7.16. The molecule has 2 aromatic rings. The summed E-state index contributed by atoms with van der Waals surface area (Å²) in [6.07, 6.45) is 3.12. The van der Waals surface area contributed by atoms with Gasteiger partial charge in [-0.15, -0.1) is 0 Å². The zero-order valence-corrected chi connectivity index (χ0v) is 13.7. The van der Waals surface area contributed by atoms with E-state index in [0.29, 0.717) is 5.92 Å². The Morgan fingerprint density at radius 2 is 2.10 bits per heavy atom. The lowest BCUT2D eigenvalue weighted by Crippen LogP contribution is -2.43. The van der Waals surface area contributed by atoms with Gasteiger partial charge in [-0.1, -0.05) is 13.8 Å². The van der Waals surface area contributed by atoms with E-state index in [-0.39, 0.29) is 0 Å². The van der Waals surface area contributed by atoms with Gasteiger partial charge in [0.05, 0.1) is 5.69 Å². The molecule has 0 atom stereocenters. The molecular formula is C15H21BrN4. The number of nitrogens with one attached hydrogen (secondary N) is 1. The van der Waals surface area contributed by atoms with Crippen LogP contribution in [0.25, 0.3) is 5.52 Å². The lowest BCUT2D eigenvalue weighted by molar-refractivity contribution is 0.589. The average molecular weight is 337 g/mol. The van der Waals surface area contributed by atoms with Crippen molar-refractivity contribution in [3.05, 3.63) is 28.8 Å². The van der Waals surface area contributed by atoms with Crippen molar-refractivity contribution in [2.45, 2.75) is 20.3 Å². The van der Waals surface area contributed by atoms with Crippen LogP contribution in [0.15, 0.2) is 22.9 Å². The monoisotopic (exact) mass is 336 g/mol. The lowest BCUT2D eigenvalue weighted by atomic mass is 10.1. The molecule has 0 aromatic carbocycles. The smallest absolute Gasteiger partial charge is 0.134 e. The Balaban J connectivity index is 2.07. The molecule has 0 bridgehead atoms. The van der Waals surface area contributed by atoms with Crippen LogP contribution in [0.1, 0.15) is 19.7 Å². The second-order valence-electron chi connectivity index (χ2n) is 5.77. The van der Waals surface area contributed by atoms with Gasteiger partial charge in [0.2, 0.25) is 0 Å². The van der Waals surface area contributed by atoms with Gasteiger partial charge in [0.15, 0.2) is 0 Å². The predicted octanol–water partition coefficient (Wildman–Crippen LogP) is 2.70. The van der Waals surface area contributed by atoms with Crippen LogP contribution in [-0.2, 0) is 6.42 Å². The fraction of sp³-hybridized carbons (Fsp3) is 0.533. The van der Waals surface area contributed by atoms with Crippen molar-refractivity contribution < 1.29 is 0 Å². The van der Waals surface area contributed by atoms with E-state index >= 15 is 0 Å². The molecule has 20 heavy (non-hydrogen) atoms. The van der Waals surface area contributed by atoms with E-state index < -0.39 is 0 Å². The number of aromatic nitrogens is 2. The molecule has 0 saturated carbocycles. The van der Waals surface area contributed by atoms with Crippen LogP contribution in [0, 0.1) is 5.92 Å². The van der Waals surface area contributed by atoms with Crippen molar-refractivity contribution in [3.63, 3.8) is 0 Å². The molecule has 4 nitrogen and oxygen atoms in total. The molecule has 0 aliphatic carbocycles. The van der Waals surface area contributed by atoms with E-state index in [0.717, 1.165) is 43.0 Å². The maximum Gasteiger partial charge on any atom is 0.134 e. The third-order valence-corrected chi connectivity index (χ3v) is 4.27. The molecule has 3 rings (SSSR count). The minimum Gasteiger partial charge on any atom is -0.367 e. The second kappa shape index (κ2) is 5.74. The minimum absolute atomic E-state index is 0.607. The summed E-state index contributed by atoms with van der Waals surface area (Å²) in [6.45, 7) is 8.66. The number of rotatable bonds is 3. The molecule has 1 N–H and O–H groups in total. The van der Waals surface area contributed by atoms with Crippen LogP contribution in [0.4, 0.5) is 5.69 Å². The molecule has 2 aromatic heterocycles. The highest BCUT2D eigenvalue weighted by atomic mass is 79.9. The first kappa shape index (κ1) is 13.9. The first-order valence-corrected chi connectivity index (χ1v) is 8.07. The Kier molecular flexibility index (Phi) is 3.98. The summed E-state index contributed by atoms with van der Waals surface area (Å²) in [5, 5.41) is 3.40. The third kappa shape index (κ3) is 2.56. The molecule has 0 radical (unpaired) electrons. The minimum atomic E-state index is 0.607. The predicted molar refractivity (Wildman–Crippen MR) is 86.5 cm³/mol. The van der Waals surface area contributed by atoms with Gasteiger partial charge < -0.3 is 14.6 Å². The zero-order valence-electron chi connectivity index (χ0n) is 12.1. The van der Waals surface area contributed by atoms with E-state index in [2.05, 4.69) is 62.7 Å². The third-order valence-electron chi connectivity index (χ3n) is 3.72. The van der Waals surface area contributed by atoms with Crippen LogP contribution in [0.2, 0.25) is 0 Å². The normalized spacial score (nSPS) is 16.3. The Bertz CT molecular complexity index is 599. The maximum absolute atomic E-state index is 4.72. The fourth-order valence-corrected chi connectivity index (χ4v) is 3.41. The van der Waals surface area contributed by atoms with E-state index in [9.17, 15) is 0 Å². The van der Waals surface area contributed by atoms with Crippen LogP contribution >= 0.6 is 15.9 Å². The van der Waals surface area contributed by atoms with E-state index in [1.165, 1.54) is 11.2 Å². The lowest BCUT2D eigenvalue weighted by Gasteiger charge is -2.30. The number of pyridine rings is 1. The van der Waals surface area contributed by atoms with Crippen molar-refractivity contribution >= 4 is 27.1 Å². The van der Waals surface area contributed by atoms with Gasteiger partial charge in [-0.25, -0.2) is 4.98 Å². The number of hydrogen-bond donors (Lipinski definition) is 1. The van der Waals surface area contributed by atoms with E-state index in [1.54, 1.807) is 0 Å². The van der Waals surface area contributed by atoms with Gasteiger partial charge in [-0.2, -0.15) is 0 Å². The highest BCUT2D eigenvalue weighted by molar-refractivity contribution is 9.10. The number of imidazole rings is 1. The van der Waals surface area contributed by atoms with Gasteiger partial charge in [0.25, 0.3) is 0 Å². The van der Waals surface area contributed by atoms with E-state index in [4.69, 9.17) is 4.98 Å². The Morgan fingerprint density at radius 3 is 2.80 bits per heavy atom. The SMILES string of the molecule is CC(C)Cc1nc(Br)c2c(N3CCNCC3)cccn12. The largest absolute Gasteiger partial charge is 0.367 e. The summed E-state index contributed by atoms with van der Waals surface area (Å²) in [6, 6.07) is 4.33. The molecule has 0 unspecified atom stereocenters. The summed E-state index contributed by atoms with van der Waals surface area (Å²) in [7, 11) is 0. The van der Waals surface area contributed by atoms with Gasteiger partial charge >= 0.3 is 0 Å². The molecule has 1 aliphatic rings. The molecule has 108 valence electrons. The topological polar surface area (TPSA) is 32.6 Å². The number of piperazine rings is 1. The average Bonchev–Trinajstić information content (AvgIpc) is 2.76. The molecular weight excluding hydrogens is 316 g/mol. The number of anilines is 1. The quantitative estimate of drug-likeness (QED) is 0.935. The summed E-state index contributed by atoms with van der Waals surface area (Å²) < 4.78 is 3.20. The molecule has 3 heterocycles. The molecule has 1 aliphatic heterocycles. The zero-order chi connectivity index (χ0) is 14.1. The fourth-order valence-electron chi connectivity index (χ4n) is 2.81. The Hall–Kier alpha value is -1.07. The number of fused-ring (bicyclic) bond motifs is 1. The Labute approximate surface area is 128 Å². The van der Waals surface area contributed by atoms with Crippen LogP contribution in [0.3, 0.4) is 0 Å². The summed E-state index contributed by atoms with van der Waals surface area (Å²) >= 11 is 3.65. The van der Waals surface area contributed by atoms with Crippen molar-refractivity contribution in [2.75, 3.05) is 31.1 Å². The van der Waals surface area contributed by atoms with Crippen molar-refractivity contribution in [1.82, 2.24) is 14.7 Å². The molecule has 0 amide bonds. The van der Waals surface area contributed by atoms with Crippen LogP contribution < -0.4 is 10.2 Å². The summed E-state index contributed by atoms with van der Waals surface area (Å²) in [5.74, 6) is 1.74. The number of hydrogen-bond acceptors (Lipinski definition) is 3. The van der Waals surface area contributed by atoms with E-state index in [1.807, 2.05) is 0 Å². The molecule has 5 heteroatoms. The van der Waals surface area contributed by atoms with Gasteiger partial charge in [-0.05, 0) is 34.0 Å². The molecule has 1 fully saturated rings. The van der Waals surface area contributed by atoms with Crippen LogP contribution in [0.5, 0.6) is 0 Å². The second-order valence-corrected chi connectivity index (χ2v) is 6.52. The van der Waals surface area contributed by atoms with Crippen molar-refractivity contribution in [3.8, 4) is 0 Å². The van der Waals surface area contributed by atoms with Gasteiger partial charge in [0, 0.05) is 38.8 Å². The van der Waals surface area contributed by atoms with Crippen molar-refractivity contribution in [1.29, 1.82) is 0 Å². The first-order chi connectivity index (χ1) is 9.66. The first-order valence-electron chi connectivity index (χ1n) is 7.28.